The number of nitrogens with one attached hydrogen (secondary N) is 2. The van der Waals surface area contributed by atoms with Gasteiger partial charge in [-0.3, -0.25) is 14.9 Å². The molecule has 2 aliphatic carbocycles. The molecule has 0 aromatic carbocycles. The Morgan fingerprint density at radius 2 is 1.93 bits per heavy atom. The Kier molecular flexibility index (Phi) is 6.74. The van der Waals surface area contributed by atoms with E-state index in [0.29, 0.717) is 18.3 Å². The highest BCUT2D eigenvalue weighted by atomic mass is 16.2. The molecular weight excluding hydrogens is 338 g/mol. The average Bonchev–Trinajstić information content (AvgIpc) is 2.78. The quantitative estimate of drug-likeness (QED) is 0.779. The summed E-state index contributed by atoms with van der Waals surface area (Å²) in [6.45, 7) is 4.33. The van der Waals surface area contributed by atoms with Gasteiger partial charge in [-0.05, 0) is 18.3 Å². The number of carbonyl (C=O) groups excluding carboxylic acids is 2. The van der Waals surface area contributed by atoms with E-state index in [1.165, 1.54) is 32.1 Å². The number of likely N-dealkylation sites (N-methyl/N-ethyl adjacent to an activating group) is 1. The van der Waals surface area contributed by atoms with E-state index in [2.05, 4.69) is 42.7 Å². The predicted octanol–water partition coefficient (Wildman–Crippen LogP) is 2.99. The Morgan fingerprint density at radius 1 is 1.22 bits per heavy atom. The van der Waals surface area contributed by atoms with Crippen LogP contribution in [0.5, 0.6) is 0 Å². The summed E-state index contributed by atoms with van der Waals surface area (Å²) in [6, 6.07) is 0.167. The number of amides is 2. The molecule has 4 unspecified atom stereocenters. The van der Waals surface area contributed by atoms with Crippen LogP contribution in [0, 0.1) is 17.8 Å². The fraction of sp³-hybridized carbons (Fsp3) is 0.727. The molecule has 27 heavy (non-hydrogen) atoms. The van der Waals surface area contributed by atoms with E-state index >= 15 is 0 Å². The number of nitrogens with zero attached hydrogens (tertiary/aromatic N) is 1. The molecule has 2 N–H and O–H groups in total. The maximum atomic E-state index is 13.0. The van der Waals surface area contributed by atoms with Crippen molar-refractivity contribution in [1.82, 2.24) is 15.5 Å². The van der Waals surface area contributed by atoms with Crippen LogP contribution in [0.4, 0.5) is 0 Å². The third-order valence-electron chi connectivity index (χ3n) is 6.49. The Balaban J connectivity index is 1.64. The molecule has 0 aromatic heterocycles. The average molecular weight is 374 g/mol. The number of hydrogen-bond acceptors (Lipinski definition) is 3. The van der Waals surface area contributed by atoms with Crippen LogP contribution in [0.3, 0.4) is 0 Å². The van der Waals surface area contributed by atoms with E-state index < -0.39 is 6.17 Å². The number of carbonyl (C=O) groups is 2. The first-order valence-corrected chi connectivity index (χ1v) is 10.6. The van der Waals surface area contributed by atoms with Crippen LogP contribution >= 0.6 is 0 Å². The molecule has 1 heterocycles. The Bertz CT molecular complexity index is 592. The molecule has 0 aromatic rings. The molecule has 0 radical (unpaired) electrons. The van der Waals surface area contributed by atoms with E-state index in [1.807, 2.05) is 13.1 Å². The van der Waals surface area contributed by atoms with Gasteiger partial charge in [-0.2, -0.15) is 0 Å². The van der Waals surface area contributed by atoms with E-state index in [-0.39, 0.29) is 29.8 Å². The van der Waals surface area contributed by atoms with E-state index in [4.69, 9.17) is 0 Å². The summed E-state index contributed by atoms with van der Waals surface area (Å²) in [5.41, 5.74) is 0. The molecule has 2 fully saturated rings. The topological polar surface area (TPSA) is 61.4 Å². The van der Waals surface area contributed by atoms with Gasteiger partial charge in [0.1, 0.15) is 0 Å². The van der Waals surface area contributed by atoms with Gasteiger partial charge >= 0.3 is 0 Å². The summed E-state index contributed by atoms with van der Waals surface area (Å²) in [6.07, 6.45) is 15.5. The molecule has 3 aliphatic rings. The van der Waals surface area contributed by atoms with Crippen molar-refractivity contribution in [3.8, 4) is 0 Å². The van der Waals surface area contributed by atoms with Gasteiger partial charge in [-0.25, -0.2) is 0 Å². The maximum Gasteiger partial charge on any atom is 0.260 e. The first-order chi connectivity index (χ1) is 13.0. The highest BCUT2D eigenvalue weighted by molar-refractivity contribution is 5.88. The zero-order chi connectivity index (χ0) is 19.4. The predicted molar refractivity (Wildman–Crippen MR) is 108 cm³/mol. The molecule has 2 amide bonds. The van der Waals surface area contributed by atoms with Gasteiger partial charge in [-0.15, -0.1) is 0 Å². The maximum absolute atomic E-state index is 13.0. The van der Waals surface area contributed by atoms with Crippen LogP contribution in [-0.4, -0.2) is 42.0 Å². The molecule has 1 saturated carbocycles. The minimum Gasteiger partial charge on any atom is -0.336 e. The van der Waals surface area contributed by atoms with E-state index in [9.17, 15) is 9.59 Å². The van der Waals surface area contributed by atoms with Gasteiger partial charge in [0, 0.05) is 25.4 Å². The number of hydrogen-bond donors (Lipinski definition) is 2. The summed E-state index contributed by atoms with van der Waals surface area (Å²) >= 11 is 0. The molecule has 5 nitrogen and oxygen atoms in total. The van der Waals surface area contributed by atoms with Crippen LogP contribution in [0.1, 0.15) is 58.8 Å². The number of allylic oxidation sites excluding steroid dienone is 2. The monoisotopic (exact) mass is 373 g/mol. The summed E-state index contributed by atoms with van der Waals surface area (Å²) < 4.78 is 0. The molecule has 0 spiro atoms. The number of fused-ring (bicyclic) bond motifs is 1. The second kappa shape index (κ2) is 9.05. The Morgan fingerprint density at radius 3 is 2.63 bits per heavy atom. The highest BCUT2D eigenvalue weighted by Crippen LogP contribution is 2.29. The Labute approximate surface area is 163 Å². The molecule has 4 atom stereocenters. The van der Waals surface area contributed by atoms with Crippen molar-refractivity contribution in [3.05, 3.63) is 24.3 Å². The third kappa shape index (κ3) is 4.81. The smallest absolute Gasteiger partial charge is 0.260 e. The van der Waals surface area contributed by atoms with Crippen LogP contribution in [0.2, 0.25) is 0 Å². The second-order valence-corrected chi connectivity index (χ2v) is 8.77. The largest absolute Gasteiger partial charge is 0.336 e. The lowest BCUT2D eigenvalue weighted by Crippen LogP contribution is -2.56. The van der Waals surface area contributed by atoms with Crippen LogP contribution < -0.4 is 10.6 Å². The van der Waals surface area contributed by atoms with E-state index in [1.54, 1.807) is 4.90 Å². The van der Waals surface area contributed by atoms with Gasteiger partial charge < -0.3 is 10.2 Å². The standard InChI is InChI=1S/C22H35N3O2/c1-15(2)20-17-11-7-8-12-18(17)25(3)22(27)21(24-20)23-19(26)14-13-16-9-5-4-6-10-16/h7-8,11-12,15-18,20-21,24H,4-6,9-10,13-14H2,1-3H3,(H,23,26). The summed E-state index contributed by atoms with van der Waals surface area (Å²) in [5.74, 6) is 1.17. The Hall–Kier alpha value is -1.62. The van der Waals surface area contributed by atoms with E-state index in [0.717, 1.165) is 6.42 Å². The minimum atomic E-state index is -0.645. The zero-order valence-corrected chi connectivity index (χ0v) is 17.0. The SMILES string of the molecule is CC(C)C1NC(NC(=O)CCC2CCCCC2)C(=O)N(C)C2C=CC=CC12. The zero-order valence-electron chi connectivity index (χ0n) is 17.0. The van der Waals surface area contributed by atoms with Crippen molar-refractivity contribution >= 4 is 11.8 Å². The molecule has 1 saturated heterocycles. The van der Waals surface area contributed by atoms with Gasteiger partial charge in [0.2, 0.25) is 5.91 Å². The van der Waals surface area contributed by atoms with Crippen LogP contribution in [-0.2, 0) is 9.59 Å². The summed E-state index contributed by atoms with van der Waals surface area (Å²) in [7, 11) is 1.84. The van der Waals surface area contributed by atoms with Crippen molar-refractivity contribution in [2.45, 2.75) is 77.0 Å². The molecule has 150 valence electrons. The van der Waals surface area contributed by atoms with Crippen molar-refractivity contribution in [2.24, 2.45) is 17.8 Å². The lowest BCUT2D eigenvalue weighted by atomic mass is 9.82. The lowest BCUT2D eigenvalue weighted by molar-refractivity contribution is -0.136. The van der Waals surface area contributed by atoms with Crippen LogP contribution in [0.25, 0.3) is 0 Å². The van der Waals surface area contributed by atoms with Gasteiger partial charge in [0.25, 0.3) is 5.91 Å². The molecule has 1 aliphatic heterocycles. The fourth-order valence-electron chi connectivity index (χ4n) is 4.84. The molecule has 3 rings (SSSR count). The minimum absolute atomic E-state index is 0.0155. The van der Waals surface area contributed by atoms with Crippen molar-refractivity contribution in [3.63, 3.8) is 0 Å². The van der Waals surface area contributed by atoms with Crippen molar-refractivity contribution < 1.29 is 9.59 Å². The second-order valence-electron chi connectivity index (χ2n) is 8.77. The lowest BCUT2D eigenvalue weighted by Gasteiger charge is -2.35. The van der Waals surface area contributed by atoms with Gasteiger partial charge in [-0.1, -0.05) is 70.3 Å². The normalized spacial score (nSPS) is 31.7. The first kappa shape index (κ1) is 20.1. The summed E-state index contributed by atoms with van der Waals surface area (Å²) in [4.78, 5) is 27.3. The number of rotatable bonds is 5. The van der Waals surface area contributed by atoms with Gasteiger partial charge in [0.15, 0.2) is 6.17 Å². The first-order valence-electron chi connectivity index (χ1n) is 10.6. The fourth-order valence-corrected chi connectivity index (χ4v) is 4.84. The molecular formula is C22H35N3O2. The highest BCUT2D eigenvalue weighted by Gasteiger charge is 2.41. The van der Waals surface area contributed by atoms with Crippen LogP contribution in [0.15, 0.2) is 24.3 Å². The molecule has 0 bridgehead atoms. The molecule has 5 heteroatoms. The summed E-state index contributed by atoms with van der Waals surface area (Å²) in [5, 5.41) is 6.44. The van der Waals surface area contributed by atoms with Crippen molar-refractivity contribution in [2.75, 3.05) is 7.05 Å². The van der Waals surface area contributed by atoms with Gasteiger partial charge in [0.05, 0.1) is 6.04 Å². The third-order valence-corrected chi connectivity index (χ3v) is 6.49. The van der Waals surface area contributed by atoms with Crippen molar-refractivity contribution in [1.29, 1.82) is 0 Å².